The quantitative estimate of drug-likeness (QED) is 0.253. The lowest BCUT2D eigenvalue weighted by molar-refractivity contribution is -0.385. The summed E-state index contributed by atoms with van der Waals surface area (Å²) in [6, 6.07) is 27.2. The Bertz CT molecular complexity index is 1290. The summed E-state index contributed by atoms with van der Waals surface area (Å²) in [6.07, 6.45) is 1.46. The molecule has 0 atom stereocenters. The predicted molar refractivity (Wildman–Crippen MR) is 123 cm³/mol. The lowest BCUT2D eigenvalue weighted by Crippen LogP contribution is -2.18. The van der Waals surface area contributed by atoms with Crippen molar-refractivity contribution in [3.8, 4) is 5.75 Å². The minimum atomic E-state index is -0.649. The SMILES string of the molecule is O=C(N/N=C\c1ccc(OCc2cccc3ccccc23)cc1)c1ccccc1[N+](=O)[O-]. The largest absolute Gasteiger partial charge is 0.489 e. The van der Waals surface area contributed by atoms with E-state index in [2.05, 4.69) is 28.7 Å². The van der Waals surface area contributed by atoms with Crippen molar-refractivity contribution in [3.05, 3.63) is 118 Å². The molecule has 7 nitrogen and oxygen atoms in total. The number of nitrogens with one attached hydrogen (secondary N) is 1. The van der Waals surface area contributed by atoms with Crippen molar-refractivity contribution in [2.24, 2.45) is 5.10 Å². The molecule has 0 saturated carbocycles. The maximum absolute atomic E-state index is 12.2. The molecule has 4 aromatic carbocycles. The first kappa shape index (κ1) is 20.7. The zero-order chi connectivity index (χ0) is 22.3. The molecule has 1 N–H and O–H groups in total. The zero-order valence-electron chi connectivity index (χ0n) is 17.0. The summed E-state index contributed by atoms with van der Waals surface area (Å²) in [6.45, 7) is 0.445. The molecule has 0 saturated heterocycles. The van der Waals surface area contributed by atoms with Crippen LogP contribution in [0.5, 0.6) is 5.75 Å². The van der Waals surface area contributed by atoms with Crippen molar-refractivity contribution >= 4 is 28.6 Å². The summed E-state index contributed by atoms with van der Waals surface area (Å²) in [5, 5.41) is 17.3. The Morgan fingerprint density at radius 1 is 0.938 bits per heavy atom. The van der Waals surface area contributed by atoms with Gasteiger partial charge in [0.05, 0.1) is 11.1 Å². The van der Waals surface area contributed by atoms with E-state index in [-0.39, 0.29) is 11.3 Å². The van der Waals surface area contributed by atoms with E-state index in [9.17, 15) is 14.9 Å². The number of rotatable bonds is 7. The van der Waals surface area contributed by atoms with Crippen LogP contribution in [-0.2, 0) is 6.61 Å². The molecule has 4 aromatic rings. The van der Waals surface area contributed by atoms with Gasteiger partial charge in [0.1, 0.15) is 17.9 Å². The first-order chi connectivity index (χ1) is 15.6. The van der Waals surface area contributed by atoms with Gasteiger partial charge in [0.25, 0.3) is 11.6 Å². The monoisotopic (exact) mass is 425 g/mol. The maximum Gasteiger partial charge on any atom is 0.282 e. The Hall–Kier alpha value is -4.52. The molecule has 0 aliphatic rings. The second-order valence-electron chi connectivity index (χ2n) is 6.97. The summed E-state index contributed by atoms with van der Waals surface area (Å²) < 4.78 is 5.91. The van der Waals surface area contributed by atoms with Gasteiger partial charge in [0.15, 0.2) is 0 Å². The number of nitro groups is 1. The zero-order valence-corrected chi connectivity index (χ0v) is 17.0. The van der Waals surface area contributed by atoms with Gasteiger partial charge in [-0.1, -0.05) is 54.6 Å². The van der Waals surface area contributed by atoms with E-state index in [1.807, 2.05) is 36.4 Å². The lowest BCUT2D eigenvalue weighted by Gasteiger charge is -2.09. The molecule has 32 heavy (non-hydrogen) atoms. The van der Waals surface area contributed by atoms with Crippen LogP contribution >= 0.6 is 0 Å². The number of hydrogen-bond donors (Lipinski definition) is 1. The van der Waals surface area contributed by atoms with Gasteiger partial charge in [0.2, 0.25) is 0 Å². The highest BCUT2D eigenvalue weighted by molar-refractivity contribution is 5.98. The third kappa shape index (κ3) is 4.79. The smallest absolute Gasteiger partial charge is 0.282 e. The number of para-hydroxylation sites is 1. The fourth-order valence-corrected chi connectivity index (χ4v) is 3.28. The van der Waals surface area contributed by atoms with E-state index in [1.165, 1.54) is 29.8 Å². The van der Waals surface area contributed by atoms with Crippen LogP contribution in [-0.4, -0.2) is 17.0 Å². The van der Waals surface area contributed by atoms with Crippen LogP contribution in [0.2, 0.25) is 0 Å². The van der Waals surface area contributed by atoms with Crippen LogP contribution in [0.3, 0.4) is 0 Å². The van der Waals surface area contributed by atoms with Crippen molar-refractivity contribution in [3.63, 3.8) is 0 Å². The standard InChI is InChI=1S/C25H19N3O4/c29-25(23-10-3-4-11-24(23)28(30)31)27-26-16-18-12-14-21(15-13-18)32-17-20-8-5-7-19-6-1-2-9-22(19)20/h1-16H,17H2,(H,27,29)/b26-16-. The van der Waals surface area contributed by atoms with Crippen LogP contribution < -0.4 is 10.2 Å². The minimum absolute atomic E-state index is 0.0492. The van der Waals surface area contributed by atoms with E-state index in [4.69, 9.17) is 4.74 Å². The molecule has 1 amide bonds. The Balaban J connectivity index is 1.36. The van der Waals surface area contributed by atoms with Gasteiger partial charge >= 0.3 is 0 Å². The highest BCUT2D eigenvalue weighted by Gasteiger charge is 2.18. The molecule has 0 aliphatic heterocycles. The fourth-order valence-electron chi connectivity index (χ4n) is 3.28. The molecule has 0 bridgehead atoms. The highest BCUT2D eigenvalue weighted by atomic mass is 16.6. The maximum atomic E-state index is 12.2. The summed E-state index contributed by atoms with van der Waals surface area (Å²) >= 11 is 0. The number of nitro benzene ring substituents is 1. The van der Waals surface area contributed by atoms with Crippen LogP contribution in [0.4, 0.5) is 5.69 Å². The average Bonchev–Trinajstić information content (AvgIpc) is 2.83. The molecule has 0 unspecified atom stereocenters. The van der Waals surface area contributed by atoms with Gasteiger partial charge in [-0.15, -0.1) is 0 Å². The van der Waals surface area contributed by atoms with Crippen molar-refractivity contribution in [1.29, 1.82) is 0 Å². The number of hydrazone groups is 1. The molecular weight excluding hydrogens is 406 g/mol. The average molecular weight is 425 g/mol. The normalized spacial score (nSPS) is 10.9. The van der Waals surface area contributed by atoms with Gasteiger partial charge in [-0.3, -0.25) is 14.9 Å². The molecule has 0 spiro atoms. The lowest BCUT2D eigenvalue weighted by atomic mass is 10.1. The van der Waals surface area contributed by atoms with E-state index >= 15 is 0 Å². The number of ether oxygens (including phenoxy) is 1. The summed E-state index contributed by atoms with van der Waals surface area (Å²) in [4.78, 5) is 22.6. The number of hydrogen-bond acceptors (Lipinski definition) is 5. The Morgan fingerprint density at radius 2 is 1.66 bits per heavy atom. The third-order valence-corrected chi connectivity index (χ3v) is 4.88. The Morgan fingerprint density at radius 3 is 2.47 bits per heavy atom. The van der Waals surface area contributed by atoms with Gasteiger partial charge in [-0.2, -0.15) is 5.10 Å². The molecule has 7 heteroatoms. The van der Waals surface area contributed by atoms with E-state index in [1.54, 1.807) is 18.2 Å². The molecule has 158 valence electrons. The van der Waals surface area contributed by atoms with E-state index in [0.717, 1.165) is 16.5 Å². The molecule has 0 heterocycles. The Kier molecular flexibility index (Phi) is 6.17. The number of carbonyl (C=O) groups is 1. The number of fused-ring (bicyclic) bond motifs is 1. The highest BCUT2D eigenvalue weighted by Crippen LogP contribution is 2.21. The third-order valence-electron chi connectivity index (χ3n) is 4.88. The summed E-state index contributed by atoms with van der Waals surface area (Å²) in [5.74, 6) is 0.0580. The second kappa shape index (κ2) is 9.53. The second-order valence-corrected chi connectivity index (χ2v) is 6.97. The molecule has 4 rings (SSSR count). The molecule has 0 fully saturated rings. The summed E-state index contributed by atoms with van der Waals surface area (Å²) in [7, 11) is 0. The van der Waals surface area contributed by atoms with Crippen LogP contribution in [0, 0.1) is 10.1 Å². The molecule has 0 aliphatic carbocycles. The first-order valence-corrected chi connectivity index (χ1v) is 9.88. The topological polar surface area (TPSA) is 93.8 Å². The van der Waals surface area contributed by atoms with Gasteiger partial charge < -0.3 is 4.74 Å². The molecular formula is C25H19N3O4. The predicted octanol–water partition coefficient (Wildman–Crippen LogP) is 5.09. The van der Waals surface area contributed by atoms with Crippen LogP contribution in [0.25, 0.3) is 10.8 Å². The molecule has 0 radical (unpaired) electrons. The van der Waals surface area contributed by atoms with E-state index < -0.39 is 10.8 Å². The minimum Gasteiger partial charge on any atom is -0.489 e. The van der Waals surface area contributed by atoms with Crippen LogP contribution in [0.1, 0.15) is 21.5 Å². The van der Waals surface area contributed by atoms with Crippen molar-refractivity contribution in [1.82, 2.24) is 5.43 Å². The molecule has 0 aromatic heterocycles. The number of carbonyl (C=O) groups excluding carboxylic acids is 1. The van der Waals surface area contributed by atoms with Crippen LogP contribution in [0.15, 0.2) is 96.1 Å². The van der Waals surface area contributed by atoms with Gasteiger partial charge in [-0.25, -0.2) is 5.43 Å². The number of benzene rings is 4. The van der Waals surface area contributed by atoms with Crippen molar-refractivity contribution in [2.45, 2.75) is 6.61 Å². The van der Waals surface area contributed by atoms with Gasteiger partial charge in [-0.05, 0) is 52.2 Å². The van der Waals surface area contributed by atoms with Gasteiger partial charge in [0, 0.05) is 6.07 Å². The fraction of sp³-hybridized carbons (Fsp3) is 0.0400. The summed E-state index contributed by atoms with van der Waals surface area (Å²) in [5.41, 5.74) is 3.84. The van der Waals surface area contributed by atoms with E-state index in [0.29, 0.717) is 12.4 Å². The number of nitrogens with zero attached hydrogens (tertiary/aromatic N) is 2. The number of amides is 1. The Labute approximate surface area is 184 Å². The van der Waals surface area contributed by atoms with Crippen molar-refractivity contribution < 1.29 is 14.5 Å². The first-order valence-electron chi connectivity index (χ1n) is 9.88. The van der Waals surface area contributed by atoms with Crippen molar-refractivity contribution in [2.75, 3.05) is 0 Å².